The third-order valence-electron chi connectivity index (χ3n) is 6.09. The average Bonchev–Trinajstić information content (AvgIpc) is 3.41. The third-order valence-corrected chi connectivity index (χ3v) is 8.13. The summed E-state index contributed by atoms with van der Waals surface area (Å²) in [6.45, 7) is 3.98. The number of thiophene rings is 1. The minimum Gasteiger partial charge on any atom is -0.284 e. The van der Waals surface area contributed by atoms with E-state index >= 15 is 0 Å². The fraction of sp³-hybridized carbons (Fsp3) is 0.364. The van der Waals surface area contributed by atoms with E-state index in [1.54, 1.807) is 24.3 Å². The van der Waals surface area contributed by atoms with Crippen molar-refractivity contribution in [2.45, 2.75) is 50.7 Å². The number of hydrogen-bond donors (Lipinski definition) is 0. The molecule has 5 rings (SSSR count). The summed E-state index contributed by atoms with van der Waals surface area (Å²) in [4.78, 5) is 46.7. The molecule has 1 aromatic carbocycles. The summed E-state index contributed by atoms with van der Waals surface area (Å²) in [5.41, 5.74) is 1.86. The van der Waals surface area contributed by atoms with Gasteiger partial charge in [0.1, 0.15) is 4.83 Å². The van der Waals surface area contributed by atoms with Gasteiger partial charge < -0.3 is 0 Å². The van der Waals surface area contributed by atoms with Gasteiger partial charge in [0.05, 0.1) is 22.4 Å². The fourth-order valence-corrected chi connectivity index (χ4v) is 6.44. The van der Waals surface area contributed by atoms with Crippen LogP contribution in [0.25, 0.3) is 10.2 Å². The van der Waals surface area contributed by atoms with Crippen molar-refractivity contribution >= 4 is 45.1 Å². The van der Waals surface area contributed by atoms with Gasteiger partial charge >= 0.3 is 0 Å². The van der Waals surface area contributed by atoms with Gasteiger partial charge in [0.2, 0.25) is 0 Å². The number of amides is 2. The predicted octanol–water partition coefficient (Wildman–Crippen LogP) is 4.54. The molecule has 1 saturated carbocycles. The Balaban J connectivity index is 1.53. The van der Waals surface area contributed by atoms with E-state index < -0.39 is 0 Å². The lowest BCUT2D eigenvalue weighted by molar-refractivity contribution is 0.0684. The lowest BCUT2D eigenvalue weighted by Gasteiger charge is -2.19. The number of aryl methyl sites for hydroxylation is 2. The first-order valence-electron chi connectivity index (χ1n) is 10.1. The molecular formula is C22H21N3O3S2. The van der Waals surface area contributed by atoms with Crippen molar-refractivity contribution in [3.05, 3.63) is 56.2 Å². The largest absolute Gasteiger partial charge is 0.284 e. The SMILES string of the molecule is Cc1sc2nc(SCN3C(=O)c4ccccc4C3=O)n(C3CCCC3)c(=O)c2c1C. The highest BCUT2D eigenvalue weighted by molar-refractivity contribution is 7.99. The van der Waals surface area contributed by atoms with Gasteiger partial charge in [-0.3, -0.25) is 23.9 Å². The molecule has 0 unspecified atom stereocenters. The molecule has 0 N–H and O–H groups in total. The van der Waals surface area contributed by atoms with Crippen LogP contribution in [0.1, 0.15) is 62.9 Å². The summed E-state index contributed by atoms with van der Waals surface area (Å²) in [5, 5.41) is 1.30. The van der Waals surface area contributed by atoms with Gasteiger partial charge in [-0.15, -0.1) is 11.3 Å². The first-order chi connectivity index (χ1) is 14.5. The van der Waals surface area contributed by atoms with Gasteiger partial charge in [0, 0.05) is 10.9 Å². The summed E-state index contributed by atoms with van der Waals surface area (Å²) in [7, 11) is 0. The van der Waals surface area contributed by atoms with Crippen LogP contribution in [-0.4, -0.2) is 32.1 Å². The summed E-state index contributed by atoms with van der Waals surface area (Å²) < 4.78 is 1.82. The van der Waals surface area contributed by atoms with E-state index in [-0.39, 0.29) is 29.3 Å². The number of fused-ring (bicyclic) bond motifs is 2. The molecule has 154 valence electrons. The Morgan fingerprint density at radius 1 is 1.07 bits per heavy atom. The number of aromatic nitrogens is 2. The standard InChI is InChI=1S/C22H21N3O3S2/c1-12-13(2)30-18-17(12)21(28)25(14-7-3-4-8-14)22(23-18)29-11-24-19(26)15-9-5-6-10-16(15)20(24)27/h5-6,9-10,14H,3-4,7-8,11H2,1-2H3. The summed E-state index contributed by atoms with van der Waals surface area (Å²) in [6.07, 6.45) is 4.10. The van der Waals surface area contributed by atoms with Crippen molar-refractivity contribution in [1.82, 2.24) is 14.5 Å². The minimum absolute atomic E-state index is 0.00129. The molecule has 0 radical (unpaired) electrons. The van der Waals surface area contributed by atoms with Crippen LogP contribution in [0.15, 0.2) is 34.2 Å². The van der Waals surface area contributed by atoms with Gasteiger partial charge in [0.25, 0.3) is 17.4 Å². The fourth-order valence-electron chi connectivity index (χ4n) is 4.35. The van der Waals surface area contributed by atoms with Crippen LogP contribution < -0.4 is 5.56 Å². The minimum atomic E-state index is -0.290. The third kappa shape index (κ3) is 2.93. The van der Waals surface area contributed by atoms with Crippen molar-refractivity contribution < 1.29 is 9.59 Å². The quantitative estimate of drug-likeness (QED) is 0.339. The van der Waals surface area contributed by atoms with Crippen LogP contribution in [0.4, 0.5) is 0 Å². The molecule has 1 aliphatic carbocycles. The molecule has 2 aliphatic rings. The van der Waals surface area contributed by atoms with Crippen molar-refractivity contribution in [1.29, 1.82) is 0 Å². The predicted molar refractivity (Wildman–Crippen MR) is 119 cm³/mol. The van der Waals surface area contributed by atoms with E-state index in [1.807, 2.05) is 18.4 Å². The molecule has 0 saturated heterocycles. The highest BCUT2D eigenvalue weighted by Gasteiger charge is 2.35. The summed E-state index contributed by atoms with van der Waals surface area (Å²) >= 11 is 2.82. The average molecular weight is 440 g/mol. The second kappa shape index (κ2) is 7.35. The molecule has 2 aromatic heterocycles. The maximum Gasteiger partial charge on any atom is 0.263 e. The lowest BCUT2D eigenvalue weighted by atomic mass is 10.1. The lowest BCUT2D eigenvalue weighted by Crippen LogP contribution is -2.31. The molecule has 0 spiro atoms. The number of hydrogen-bond acceptors (Lipinski definition) is 6. The number of thioether (sulfide) groups is 1. The number of benzene rings is 1. The monoisotopic (exact) mass is 439 g/mol. The van der Waals surface area contributed by atoms with E-state index in [4.69, 9.17) is 4.98 Å². The molecule has 3 heterocycles. The first-order valence-corrected chi connectivity index (χ1v) is 11.9. The highest BCUT2D eigenvalue weighted by atomic mass is 32.2. The topological polar surface area (TPSA) is 72.3 Å². The number of carbonyl (C=O) groups is 2. The molecule has 3 aromatic rings. The smallest absolute Gasteiger partial charge is 0.263 e. The Morgan fingerprint density at radius 3 is 2.33 bits per heavy atom. The normalized spacial score (nSPS) is 16.8. The Bertz CT molecular complexity index is 1220. The zero-order chi connectivity index (χ0) is 21.0. The molecule has 0 bridgehead atoms. The zero-order valence-electron chi connectivity index (χ0n) is 16.8. The highest BCUT2D eigenvalue weighted by Crippen LogP contribution is 2.35. The van der Waals surface area contributed by atoms with Gasteiger partial charge in [-0.2, -0.15) is 0 Å². The van der Waals surface area contributed by atoms with Crippen LogP contribution in [0.2, 0.25) is 0 Å². The second-order valence-corrected chi connectivity index (χ2v) is 9.94. The molecule has 2 amide bonds. The zero-order valence-corrected chi connectivity index (χ0v) is 18.4. The van der Waals surface area contributed by atoms with Gasteiger partial charge in [0.15, 0.2) is 5.16 Å². The van der Waals surface area contributed by atoms with Gasteiger partial charge in [-0.1, -0.05) is 36.7 Å². The van der Waals surface area contributed by atoms with Crippen LogP contribution in [0.3, 0.4) is 0 Å². The molecule has 8 heteroatoms. The van der Waals surface area contributed by atoms with Crippen LogP contribution in [-0.2, 0) is 0 Å². The van der Waals surface area contributed by atoms with Gasteiger partial charge in [-0.05, 0) is 44.4 Å². The van der Waals surface area contributed by atoms with E-state index in [0.717, 1.165) is 41.0 Å². The Morgan fingerprint density at radius 2 is 1.70 bits per heavy atom. The molecule has 30 heavy (non-hydrogen) atoms. The van der Waals surface area contributed by atoms with E-state index in [9.17, 15) is 14.4 Å². The molecule has 1 fully saturated rings. The maximum atomic E-state index is 13.4. The number of nitrogens with zero attached hydrogens (tertiary/aromatic N) is 3. The van der Waals surface area contributed by atoms with Crippen molar-refractivity contribution in [2.75, 3.05) is 5.88 Å². The van der Waals surface area contributed by atoms with Crippen LogP contribution in [0, 0.1) is 13.8 Å². The maximum absolute atomic E-state index is 13.4. The number of imide groups is 1. The van der Waals surface area contributed by atoms with E-state index in [1.165, 1.54) is 28.0 Å². The van der Waals surface area contributed by atoms with Crippen molar-refractivity contribution in [3.8, 4) is 0 Å². The van der Waals surface area contributed by atoms with E-state index in [2.05, 4.69) is 0 Å². The van der Waals surface area contributed by atoms with Crippen LogP contribution in [0.5, 0.6) is 0 Å². The van der Waals surface area contributed by atoms with E-state index in [0.29, 0.717) is 21.7 Å². The Kier molecular flexibility index (Phi) is 4.78. The van der Waals surface area contributed by atoms with Crippen molar-refractivity contribution in [3.63, 3.8) is 0 Å². The molecule has 1 aliphatic heterocycles. The summed E-state index contributed by atoms with van der Waals surface area (Å²) in [5.74, 6) is -0.441. The Labute approximate surface area is 181 Å². The molecular weight excluding hydrogens is 418 g/mol. The van der Waals surface area contributed by atoms with Crippen LogP contribution >= 0.6 is 23.1 Å². The number of rotatable bonds is 4. The number of carbonyl (C=O) groups excluding carboxylic acids is 2. The first kappa shape index (κ1) is 19.5. The van der Waals surface area contributed by atoms with Crippen molar-refractivity contribution in [2.24, 2.45) is 0 Å². The van der Waals surface area contributed by atoms with Gasteiger partial charge in [-0.25, -0.2) is 4.98 Å². The molecule has 6 nitrogen and oxygen atoms in total. The Hall–Kier alpha value is -2.45. The second-order valence-electron chi connectivity index (χ2n) is 7.83. The molecule has 0 atom stereocenters. The summed E-state index contributed by atoms with van der Waals surface area (Å²) in [6, 6.07) is 7.00.